The van der Waals surface area contributed by atoms with Crippen LogP contribution in [-0.2, 0) is 16.0 Å². The number of aromatic amines is 1. The van der Waals surface area contributed by atoms with Gasteiger partial charge in [-0.25, -0.2) is 4.98 Å². The third kappa shape index (κ3) is 3.81. The van der Waals surface area contributed by atoms with Crippen molar-refractivity contribution in [2.45, 2.75) is 33.2 Å². The summed E-state index contributed by atoms with van der Waals surface area (Å²) < 4.78 is 0. The summed E-state index contributed by atoms with van der Waals surface area (Å²) in [6, 6.07) is -0.723. The number of carbonyl (C=O) groups is 2. The van der Waals surface area contributed by atoms with Crippen molar-refractivity contribution in [1.82, 2.24) is 15.3 Å². The molecule has 1 amide bonds. The van der Waals surface area contributed by atoms with E-state index < -0.39 is 6.04 Å². The first-order valence-electron chi connectivity index (χ1n) is 5.64. The Hall–Kier alpha value is -1.95. The SMILES string of the molecule is CC(=O)C(NC(=O)[C@@H](N)Cc1cnc[nH]1)=C(C)C. The number of aromatic nitrogens is 2. The topological polar surface area (TPSA) is 101 Å². The second-order valence-corrected chi connectivity index (χ2v) is 4.31. The molecular weight excluding hydrogens is 232 g/mol. The number of allylic oxidation sites excluding steroid dienone is 2. The molecule has 0 aromatic carbocycles. The molecule has 1 atom stereocenters. The van der Waals surface area contributed by atoms with Crippen LogP contribution in [0.3, 0.4) is 0 Å². The summed E-state index contributed by atoms with van der Waals surface area (Å²) in [7, 11) is 0. The fourth-order valence-corrected chi connectivity index (χ4v) is 1.51. The largest absolute Gasteiger partial charge is 0.348 e. The zero-order chi connectivity index (χ0) is 13.7. The summed E-state index contributed by atoms with van der Waals surface area (Å²) in [6.07, 6.45) is 3.48. The van der Waals surface area contributed by atoms with E-state index in [-0.39, 0.29) is 11.7 Å². The highest BCUT2D eigenvalue weighted by Gasteiger charge is 2.18. The van der Waals surface area contributed by atoms with Crippen molar-refractivity contribution in [2.24, 2.45) is 5.73 Å². The minimum atomic E-state index is -0.723. The molecule has 0 fully saturated rings. The van der Waals surface area contributed by atoms with Crippen molar-refractivity contribution in [3.63, 3.8) is 0 Å². The van der Waals surface area contributed by atoms with Gasteiger partial charge in [-0.1, -0.05) is 0 Å². The lowest BCUT2D eigenvalue weighted by Gasteiger charge is -2.13. The minimum absolute atomic E-state index is 0.183. The first-order valence-corrected chi connectivity index (χ1v) is 5.64. The molecule has 0 saturated heterocycles. The molecule has 0 bridgehead atoms. The van der Waals surface area contributed by atoms with Crippen LogP contribution in [-0.4, -0.2) is 27.7 Å². The van der Waals surface area contributed by atoms with Crippen molar-refractivity contribution in [2.75, 3.05) is 0 Å². The predicted octanol–water partition coefficient (Wildman–Crippen LogP) is 0.279. The highest BCUT2D eigenvalue weighted by atomic mass is 16.2. The highest BCUT2D eigenvalue weighted by Crippen LogP contribution is 2.03. The zero-order valence-corrected chi connectivity index (χ0v) is 10.8. The summed E-state index contributed by atoms with van der Waals surface area (Å²) in [6.45, 7) is 4.93. The quantitative estimate of drug-likeness (QED) is 0.653. The van der Waals surface area contributed by atoms with Gasteiger partial charge in [0.2, 0.25) is 5.91 Å². The van der Waals surface area contributed by atoms with Gasteiger partial charge in [0.05, 0.1) is 18.1 Å². The van der Waals surface area contributed by atoms with E-state index in [2.05, 4.69) is 15.3 Å². The molecule has 98 valence electrons. The van der Waals surface area contributed by atoms with Gasteiger partial charge in [0.1, 0.15) is 0 Å². The van der Waals surface area contributed by atoms with Gasteiger partial charge in [-0.2, -0.15) is 0 Å². The van der Waals surface area contributed by atoms with Crippen molar-refractivity contribution in [3.8, 4) is 0 Å². The van der Waals surface area contributed by atoms with E-state index in [1.807, 2.05) is 0 Å². The monoisotopic (exact) mass is 250 g/mol. The van der Waals surface area contributed by atoms with Crippen LogP contribution in [0, 0.1) is 0 Å². The van der Waals surface area contributed by atoms with Gasteiger partial charge in [0, 0.05) is 25.2 Å². The van der Waals surface area contributed by atoms with E-state index in [1.165, 1.54) is 13.3 Å². The van der Waals surface area contributed by atoms with Gasteiger partial charge in [-0.15, -0.1) is 0 Å². The van der Waals surface area contributed by atoms with Crippen LogP contribution in [0.25, 0.3) is 0 Å². The maximum atomic E-state index is 11.8. The molecule has 1 aromatic heterocycles. The lowest BCUT2D eigenvalue weighted by Crippen LogP contribution is -2.43. The first kappa shape index (κ1) is 14.1. The molecule has 1 aromatic rings. The summed E-state index contributed by atoms with van der Waals surface area (Å²) >= 11 is 0. The van der Waals surface area contributed by atoms with Gasteiger partial charge in [0.25, 0.3) is 0 Å². The van der Waals surface area contributed by atoms with Gasteiger partial charge in [-0.3, -0.25) is 9.59 Å². The number of H-pyrrole nitrogens is 1. The molecule has 6 heteroatoms. The maximum absolute atomic E-state index is 11.8. The molecule has 18 heavy (non-hydrogen) atoms. The number of carbonyl (C=O) groups excluding carboxylic acids is 2. The average molecular weight is 250 g/mol. The Morgan fingerprint density at radius 3 is 2.56 bits per heavy atom. The Labute approximate surface area is 106 Å². The van der Waals surface area contributed by atoms with E-state index in [1.54, 1.807) is 20.0 Å². The van der Waals surface area contributed by atoms with Crippen LogP contribution in [0.2, 0.25) is 0 Å². The van der Waals surface area contributed by atoms with Gasteiger partial charge in [-0.05, 0) is 19.4 Å². The fourth-order valence-electron chi connectivity index (χ4n) is 1.51. The number of ketones is 1. The van der Waals surface area contributed by atoms with E-state index in [4.69, 9.17) is 5.73 Å². The second-order valence-electron chi connectivity index (χ2n) is 4.31. The standard InChI is InChI=1S/C12H18N4O2/c1-7(2)11(8(3)17)16-12(18)10(13)4-9-5-14-6-15-9/h5-6,10H,4,13H2,1-3H3,(H,14,15)(H,16,18)/t10-/m0/s1. The molecule has 6 nitrogen and oxygen atoms in total. The number of nitrogens with two attached hydrogens (primary N) is 1. The number of hydrogen-bond donors (Lipinski definition) is 3. The van der Waals surface area contributed by atoms with Crippen molar-refractivity contribution < 1.29 is 9.59 Å². The summed E-state index contributed by atoms with van der Waals surface area (Å²) in [5.74, 6) is -0.562. The molecule has 0 unspecified atom stereocenters. The van der Waals surface area contributed by atoms with Crippen LogP contribution >= 0.6 is 0 Å². The number of rotatable bonds is 5. The Balaban J connectivity index is 2.65. The smallest absolute Gasteiger partial charge is 0.241 e. The number of imidazole rings is 1. The number of hydrogen-bond acceptors (Lipinski definition) is 4. The molecule has 0 aliphatic carbocycles. The molecule has 0 spiro atoms. The zero-order valence-electron chi connectivity index (χ0n) is 10.8. The van der Waals surface area contributed by atoms with E-state index >= 15 is 0 Å². The summed E-state index contributed by atoms with van der Waals surface area (Å²) in [5.41, 5.74) is 7.60. The van der Waals surface area contributed by atoms with Crippen molar-refractivity contribution in [1.29, 1.82) is 0 Å². The molecule has 1 rings (SSSR count). The lowest BCUT2D eigenvalue weighted by atomic mass is 10.1. The van der Waals surface area contributed by atoms with Crippen LogP contribution in [0.1, 0.15) is 26.5 Å². The second kappa shape index (κ2) is 6.11. The maximum Gasteiger partial charge on any atom is 0.241 e. The highest BCUT2D eigenvalue weighted by molar-refractivity contribution is 5.98. The summed E-state index contributed by atoms with van der Waals surface area (Å²) in [5, 5.41) is 2.56. The van der Waals surface area contributed by atoms with Crippen LogP contribution in [0.4, 0.5) is 0 Å². The van der Waals surface area contributed by atoms with E-state index in [9.17, 15) is 9.59 Å². The predicted molar refractivity (Wildman–Crippen MR) is 67.5 cm³/mol. The summed E-state index contributed by atoms with van der Waals surface area (Å²) in [4.78, 5) is 29.9. The normalized spacial score (nSPS) is 11.8. The average Bonchev–Trinajstić information content (AvgIpc) is 2.77. The van der Waals surface area contributed by atoms with Gasteiger partial charge < -0.3 is 16.0 Å². The Kier molecular flexibility index (Phi) is 4.79. The molecule has 0 saturated carbocycles. The number of nitrogens with one attached hydrogen (secondary N) is 2. The lowest BCUT2D eigenvalue weighted by molar-refractivity contribution is -0.123. The van der Waals surface area contributed by atoms with Gasteiger partial charge in [0.15, 0.2) is 5.78 Å². The number of amides is 1. The molecule has 0 aliphatic rings. The minimum Gasteiger partial charge on any atom is -0.348 e. The molecule has 0 aliphatic heterocycles. The Bertz CT molecular complexity index is 458. The Morgan fingerprint density at radius 1 is 1.44 bits per heavy atom. The third-order valence-electron chi connectivity index (χ3n) is 2.43. The van der Waals surface area contributed by atoms with Crippen molar-refractivity contribution >= 4 is 11.7 Å². The van der Waals surface area contributed by atoms with E-state index in [0.717, 1.165) is 11.3 Å². The number of nitrogens with zero attached hydrogens (tertiary/aromatic N) is 1. The van der Waals surface area contributed by atoms with Crippen LogP contribution in [0.5, 0.6) is 0 Å². The van der Waals surface area contributed by atoms with E-state index in [0.29, 0.717) is 12.1 Å². The molecular formula is C12H18N4O2. The molecule has 0 radical (unpaired) electrons. The molecule has 4 N–H and O–H groups in total. The first-order chi connectivity index (χ1) is 8.41. The number of Topliss-reactive ketones (excluding diaryl/α,β-unsaturated/α-hetero) is 1. The van der Waals surface area contributed by atoms with Crippen LogP contribution in [0.15, 0.2) is 23.8 Å². The fraction of sp³-hybridized carbons (Fsp3) is 0.417. The third-order valence-corrected chi connectivity index (χ3v) is 2.43. The molecule has 1 heterocycles. The van der Waals surface area contributed by atoms with Crippen molar-refractivity contribution in [3.05, 3.63) is 29.5 Å². The Morgan fingerprint density at radius 2 is 2.11 bits per heavy atom. The van der Waals surface area contributed by atoms with Gasteiger partial charge >= 0.3 is 0 Å². The van der Waals surface area contributed by atoms with Crippen LogP contribution < -0.4 is 11.1 Å².